The van der Waals surface area contributed by atoms with Crippen LogP contribution in [0.1, 0.15) is 16.7 Å². The summed E-state index contributed by atoms with van der Waals surface area (Å²) < 4.78 is 16.7. The van der Waals surface area contributed by atoms with Crippen molar-refractivity contribution < 1.29 is 23.8 Å². The molecule has 34 heavy (non-hydrogen) atoms. The third-order valence-corrected chi connectivity index (χ3v) is 5.65. The van der Waals surface area contributed by atoms with Crippen LogP contribution in [0.4, 0.5) is 5.69 Å². The maximum atomic E-state index is 13.4. The van der Waals surface area contributed by atoms with E-state index in [1.165, 1.54) is 4.90 Å². The molecule has 0 radical (unpaired) electrons. The number of nitrogens with zero attached hydrogens (tertiary/aromatic N) is 1. The lowest BCUT2D eigenvalue weighted by Crippen LogP contribution is -2.36. The lowest BCUT2D eigenvalue weighted by atomic mass is 10.0. The molecule has 0 aromatic heterocycles. The standard InChI is InChI=1S/C27H24N2O5/c1-17-12-18(2)14-21(13-17)32-11-10-29-26(30)24(19-6-4-3-5-7-19)25(27(29)31)28-20-8-9-22-23(15-20)34-16-33-22/h3-9,12-15,28H,10-11,16H2,1-2H3. The van der Waals surface area contributed by atoms with E-state index in [9.17, 15) is 9.59 Å². The van der Waals surface area contributed by atoms with E-state index in [2.05, 4.69) is 11.4 Å². The minimum Gasteiger partial charge on any atom is -0.492 e. The highest BCUT2D eigenvalue weighted by molar-refractivity contribution is 6.36. The molecule has 0 aliphatic carbocycles. The van der Waals surface area contributed by atoms with Crippen LogP contribution in [0.5, 0.6) is 17.2 Å². The number of amides is 2. The smallest absolute Gasteiger partial charge is 0.278 e. The van der Waals surface area contributed by atoms with Crippen molar-refractivity contribution in [2.24, 2.45) is 0 Å². The quantitative estimate of drug-likeness (QED) is 0.534. The molecule has 0 spiro atoms. The summed E-state index contributed by atoms with van der Waals surface area (Å²) in [4.78, 5) is 27.9. The Kier molecular flexibility index (Phi) is 5.67. The number of carbonyl (C=O) groups excluding carboxylic acids is 2. The van der Waals surface area contributed by atoms with Gasteiger partial charge in [0, 0.05) is 11.8 Å². The fourth-order valence-corrected chi connectivity index (χ4v) is 4.16. The zero-order chi connectivity index (χ0) is 23.7. The summed E-state index contributed by atoms with van der Waals surface area (Å²) in [7, 11) is 0. The number of rotatable bonds is 7. The largest absolute Gasteiger partial charge is 0.492 e. The van der Waals surface area contributed by atoms with Crippen molar-refractivity contribution in [2.45, 2.75) is 13.8 Å². The Balaban J connectivity index is 1.38. The SMILES string of the molecule is Cc1cc(C)cc(OCCN2C(=O)C(Nc3ccc4c(c3)OCO4)=C(c3ccccc3)C2=O)c1. The summed E-state index contributed by atoms with van der Waals surface area (Å²) >= 11 is 0. The van der Waals surface area contributed by atoms with Gasteiger partial charge in [0.15, 0.2) is 11.5 Å². The Bertz CT molecular complexity index is 1280. The van der Waals surface area contributed by atoms with E-state index in [0.717, 1.165) is 11.1 Å². The number of ether oxygens (including phenoxy) is 3. The van der Waals surface area contributed by atoms with E-state index in [1.807, 2.05) is 56.3 Å². The number of hydrogen-bond acceptors (Lipinski definition) is 6. The highest BCUT2D eigenvalue weighted by Crippen LogP contribution is 2.36. The van der Waals surface area contributed by atoms with E-state index in [4.69, 9.17) is 14.2 Å². The molecule has 2 aliphatic rings. The van der Waals surface area contributed by atoms with Crippen molar-refractivity contribution in [1.82, 2.24) is 4.90 Å². The number of hydrogen-bond donors (Lipinski definition) is 1. The monoisotopic (exact) mass is 456 g/mol. The van der Waals surface area contributed by atoms with Gasteiger partial charge >= 0.3 is 0 Å². The van der Waals surface area contributed by atoms with Crippen LogP contribution < -0.4 is 19.5 Å². The fraction of sp³-hybridized carbons (Fsp3) is 0.185. The van der Waals surface area contributed by atoms with Crippen molar-refractivity contribution in [2.75, 3.05) is 25.3 Å². The predicted molar refractivity (Wildman–Crippen MR) is 128 cm³/mol. The Morgan fingerprint density at radius 2 is 1.62 bits per heavy atom. The predicted octanol–water partition coefficient (Wildman–Crippen LogP) is 4.30. The summed E-state index contributed by atoms with van der Waals surface area (Å²) in [5, 5.41) is 3.14. The van der Waals surface area contributed by atoms with E-state index >= 15 is 0 Å². The molecule has 172 valence electrons. The molecule has 3 aromatic carbocycles. The van der Waals surface area contributed by atoms with Crippen LogP contribution in [0.3, 0.4) is 0 Å². The maximum Gasteiger partial charge on any atom is 0.278 e. The van der Waals surface area contributed by atoms with Crippen LogP contribution >= 0.6 is 0 Å². The molecule has 0 bridgehead atoms. The Morgan fingerprint density at radius 3 is 2.38 bits per heavy atom. The molecule has 0 saturated heterocycles. The summed E-state index contributed by atoms with van der Waals surface area (Å²) in [6, 6.07) is 20.4. The van der Waals surface area contributed by atoms with Gasteiger partial charge < -0.3 is 19.5 Å². The third-order valence-electron chi connectivity index (χ3n) is 5.65. The van der Waals surface area contributed by atoms with Gasteiger partial charge in [-0.25, -0.2) is 0 Å². The van der Waals surface area contributed by atoms with Gasteiger partial charge in [0.25, 0.3) is 11.8 Å². The van der Waals surface area contributed by atoms with Crippen LogP contribution in [0, 0.1) is 13.8 Å². The molecule has 0 saturated carbocycles. The third kappa shape index (κ3) is 4.20. The average molecular weight is 456 g/mol. The molecular weight excluding hydrogens is 432 g/mol. The summed E-state index contributed by atoms with van der Waals surface area (Å²) in [5.74, 6) is 1.18. The number of fused-ring (bicyclic) bond motifs is 1. The number of benzene rings is 3. The van der Waals surface area contributed by atoms with Gasteiger partial charge in [-0.05, 0) is 54.8 Å². The van der Waals surface area contributed by atoms with Crippen molar-refractivity contribution in [3.63, 3.8) is 0 Å². The summed E-state index contributed by atoms with van der Waals surface area (Å²) in [6.07, 6.45) is 0. The van der Waals surface area contributed by atoms with Crippen molar-refractivity contribution >= 4 is 23.1 Å². The average Bonchev–Trinajstić information content (AvgIpc) is 3.37. The molecule has 0 atom stereocenters. The first kappa shape index (κ1) is 21.6. The molecule has 7 nitrogen and oxygen atoms in total. The number of anilines is 1. The molecule has 0 unspecified atom stereocenters. The van der Waals surface area contributed by atoms with Gasteiger partial charge in [0.2, 0.25) is 6.79 Å². The highest BCUT2D eigenvalue weighted by Gasteiger charge is 2.39. The zero-order valence-corrected chi connectivity index (χ0v) is 19.0. The molecule has 0 fully saturated rings. The van der Waals surface area contributed by atoms with Crippen LogP contribution in [-0.4, -0.2) is 36.7 Å². The number of carbonyl (C=O) groups is 2. The van der Waals surface area contributed by atoms with Crippen molar-refractivity contribution in [3.05, 3.63) is 89.1 Å². The van der Waals surface area contributed by atoms with Gasteiger partial charge in [0.05, 0.1) is 12.1 Å². The summed E-state index contributed by atoms with van der Waals surface area (Å²) in [6.45, 7) is 4.48. The number of aryl methyl sites for hydroxylation is 2. The molecule has 1 N–H and O–H groups in total. The number of imide groups is 1. The molecule has 2 heterocycles. The Hall–Kier alpha value is -4.26. The van der Waals surface area contributed by atoms with Gasteiger partial charge in [-0.15, -0.1) is 0 Å². The van der Waals surface area contributed by atoms with Crippen molar-refractivity contribution in [3.8, 4) is 17.2 Å². The topological polar surface area (TPSA) is 77.1 Å². The second kappa shape index (κ2) is 8.94. The molecule has 7 heteroatoms. The molecule has 5 rings (SSSR count). The first-order valence-electron chi connectivity index (χ1n) is 11.0. The summed E-state index contributed by atoms with van der Waals surface area (Å²) in [5.41, 5.74) is 4.03. The van der Waals surface area contributed by atoms with Crippen LogP contribution in [-0.2, 0) is 9.59 Å². The first-order valence-corrected chi connectivity index (χ1v) is 11.0. The lowest BCUT2D eigenvalue weighted by Gasteiger charge is -2.16. The normalized spacial score (nSPS) is 14.7. The lowest BCUT2D eigenvalue weighted by molar-refractivity contribution is -0.137. The molecular formula is C27H24N2O5. The Morgan fingerprint density at radius 1 is 0.882 bits per heavy atom. The molecule has 2 amide bonds. The van der Waals surface area contributed by atoms with Crippen LogP contribution in [0.15, 0.2) is 72.4 Å². The highest BCUT2D eigenvalue weighted by atomic mass is 16.7. The van der Waals surface area contributed by atoms with Gasteiger partial charge in [-0.2, -0.15) is 0 Å². The fourth-order valence-electron chi connectivity index (χ4n) is 4.16. The zero-order valence-electron chi connectivity index (χ0n) is 19.0. The van der Waals surface area contributed by atoms with E-state index in [1.54, 1.807) is 18.2 Å². The molecule has 2 aliphatic heterocycles. The van der Waals surface area contributed by atoms with Crippen LogP contribution in [0.2, 0.25) is 0 Å². The second-order valence-corrected chi connectivity index (χ2v) is 8.24. The van der Waals surface area contributed by atoms with Gasteiger partial charge in [-0.3, -0.25) is 14.5 Å². The maximum absolute atomic E-state index is 13.4. The van der Waals surface area contributed by atoms with Gasteiger partial charge in [-0.1, -0.05) is 36.4 Å². The van der Waals surface area contributed by atoms with E-state index < -0.39 is 5.91 Å². The first-order chi connectivity index (χ1) is 16.5. The Labute approximate surface area is 197 Å². The second-order valence-electron chi connectivity index (χ2n) is 8.24. The number of nitrogens with one attached hydrogen (secondary N) is 1. The van der Waals surface area contributed by atoms with E-state index in [0.29, 0.717) is 34.1 Å². The molecule has 3 aromatic rings. The van der Waals surface area contributed by atoms with E-state index in [-0.39, 0.29) is 31.5 Å². The minimum atomic E-state index is -0.398. The van der Waals surface area contributed by atoms with Gasteiger partial charge in [0.1, 0.15) is 18.1 Å². The van der Waals surface area contributed by atoms with Crippen molar-refractivity contribution in [1.29, 1.82) is 0 Å². The minimum absolute atomic E-state index is 0.132. The van der Waals surface area contributed by atoms with Crippen LogP contribution in [0.25, 0.3) is 5.57 Å².